The van der Waals surface area contributed by atoms with Crippen LogP contribution in [0.3, 0.4) is 0 Å². The van der Waals surface area contributed by atoms with E-state index in [-0.39, 0.29) is 12.2 Å². The van der Waals surface area contributed by atoms with Gasteiger partial charge in [0.05, 0.1) is 15.7 Å². The molecule has 27 heavy (non-hydrogen) atoms. The Morgan fingerprint density at radius 2 is 1.85 bits per heavy atom. The average molecular weight is 400 g/mol. The van der Waals surface area contributed by atoms with E-state index >= 15 is 0 Å². The standard InChI is InChI=1S/C20H15Cl2N3O2/c1-11-5-6-25-17(7-11)24-13(8-18(25)26)10-27-20-16(22)9-15(21)14-4-3-12(2)23-19(14)20/h3-9H,10H2,1-2H3. The van der Waals surface area contributed by atoms with Gasteiger partial charge in [-0.2, -0.15) is 0 Å². The van der Waals surface area contributed by atoms with Gasteiger partial charge >= 0.3 is 0 Å². The molecule has 0 atom stereocenters. The summed E-state index contributed by atoms with van der Waals surface area (Å²) in [6, 6.07) is 10.5. The first-order valence-corrected chi connectivity index (χ1v) is 9.05. The fourth-order valence-corrected chi connectivity index (χ4v) is 3.47. The van der Waals surface area contributed by atoms with Crippen molar-refractivity contribution < 1.29 is 4.74 Å². The van der Waals surface area contributed by atoms with Crippen molar-refractivity contribution >= 4 is 39.8 Å². The lowest BCUT2D eigenvalue weighted by Crippen LogP contribution is -2.16. The zero-order valence-corrected chi connectivity index (χ0v) is 16.2. The van der Waals surface area contributed by atoms with Gasteiger partial charge in [0, 0.05) is 23.3 Å². The summed E-state index contributed by atoms with van der Waals surface area (Å²) in [5.74, 6) is 0.422. The van der Waals surface area contributed by atoms with Gasteiger partial charge in [0.25, 0.3) is 5.56 Å². The number of hydrogen-bond donors (Lipinski definition) is 0. The maximum atomic E-state index is 12.3. The van der Waals surface area contributed by atoms with E-state index in [1.54, 1.807) is 12.3 Å². The minimum absolute atomic E-state index is 0.0890. The number of pyridine rings is 2. The highest BCUT2D eigenvalue weighted by Gasteiger charge is 2.14. The quantitative estimate of drug-likeness (QED) is 0.498. The van der Waals surface area contributed by atoms with Crippen LogP contribution >= 0.6 is 23.2 Å². The van der Waals surface area contributed by atoms with Crippen molar-refractivity contribution in [3.63, 3.8) is 0 Å². The van der Waals surface area contributed by atoms with Crippen molar-refractivity contribution in [1.82, 2.24) is 14.4 Å². The highest BCUT2D eigenvalue weighted by atomic mass is 35.5. The fraction of sp³-hybridized carbons (Fsp3) is 0.150. The second-order valence-corrected chi connectivity index (χ2v) is 7.14. The molecule has 0 unspecified atom stereocenters. The second kappa shape index (κ2) is 6.83. The lowest BCUT2D eigenvalue weighted by molar-refractivity contribution is 0.304. The Balaban J connectivity index is 1.75. The number of benzene rings is 1. The number of hydrogen-bond acceptors (Lipinski definition) is 4. The van der Waals surface area contributed by atoms with Gasteiger partial charge in [-0.05, 0) is 49.7 Å². The molecule has 3 heterocycles. The van der Waals surface area contributed by atoms with Crippen LogP contribution < -0.4 is 10.3 Å². The van der Waals surface area contributed by atoms with Gasteiger partial charge in [-0.3, -0.25) is 9.20 Å². The van der Waals surface area contributed by atoms with Crippen LogP contribution in [0.2, 0.25) is 10.0 Å². The minimum Gasteiger partial charge on any atom is -0.483 e. The van der Waals surface area contributed by atoms with Crippen molar-refractivity contribution in [3.05, 3.63) is 79.9 Å². The molecule has 3 aromatic heterocycles. The molecule has 0 fully saturated rings. The van der Waals surface area contributed by atoms with E-state index in [0.29, 0.717) is 32.7 Å². The lowest BCUT2D eigenvalue weighted by atomic mass is 10.2. The van der Waals surface area contributed by atoms with E-state index in [0.717, 1.165) is 16.6 Å². The molecular weight excluding hydrogens is 385 g/mol. The Labute approximate surface area is 165 Å². The Bertz CT molecular complexity index is 1250. The van der Waals surface area contributed by atoms with Gasteiger partial charge in [-0.25, -0.2) is 9.97 Å². The molecule has 0 bridgehead atoms. The minimum atomic E-state index is -0.167. The molecule has 0 aliphatic carbocycles. The largest absolute Gasteiger partial charge is 0.483 e. The molecule has 0 aliphatic rings. The van der Waals surface area contributed by atoms with Crippen LogP contribution in [0.4, 0.5) is 0 Å². The molecule has 1 aromatic carbocycles. The topological polar surface area (TPSA) is 56.5 Å². The Hall–Kier alpha value is -2.63. The van der Waals surface area contributed by atoms with E-state index < -0.39 is 0 Å². The predicted molar refractivity (Wildman–Crippen MR) is 107 cm³/mol. The zero-order chi connectivity index (χ0) is 19.1. The molecule has 136 valence electrons. The maximum Gasteiger partial charge on any atom is 0.258 e. The molecule has 0 saturated heterocycles. The van der Waals surface area contributed by atoms with Crippen molar-refractivity contribution in [2.24, 2.45) is 0 Å². The second-order valence-electron chi connectivity index (χ2n) is 6.32. The maximum absolute atomic E-state index is 12.3. The van der Waals surface area contributed by atoms with Crippen LogP contribution in [0, 0.1) is 13.8 Å². The van der Waals surface area contributed by atoms with Crippen molar-refractivity contribution in [3.8, 4) is 5.75 Å². The van der Waals surface area contributed by atoms with Gasteiger partial charge in [-0.1, -0.05) is 23.2 Å². The first-order valence-electron chi connectivity index (χ1n) is 8.29. The summed E-state index contributed by atoms with van der Waals surface area (Å²) in [7, 11) is 0. The van der Waals surface area contributed by atoms with Gasteiger partial charge in [-0.15, -0.1) is 0 Å². The summed E-state index contributed by atoms with van der Waals surface area (Å²) >= 11 is 12.6. The Kier molecular flexibility index (Phi) is 4.50. The number of rotatable bonds is 3. The Morgan fingerprint density at radius 1 is 1.04 bits per heavy atom. The van der Waals surface area contributed by atoms with Crippen LogP contribution in [0.25, 0.3) is 16.6 Å². The first-order chi connectivity index (χ1) is 12.9. The predicted octanol–water partition coefficient (Wildman–Crippen LogP) is 4.75. The first kappa shape index (κ1) is 17.8. The number of aryl methyl sites for hydroxylation is 2. The molecular formula is C20H15Cl2N3O2. The number of halogens is 2. The van der Waals surface area contributed by atoms with E-state index in [2.05, 4.69) is 9.97 Å². The van der Waals surface area contributed by atoms with Crippen LogP contribution in [0.5, 0.6) is 5.75 Å². The summed E-state index contributed by atoms with van der Waals surface area (Å²) in [5, 5.41) is 1.62. The van der Waals surface area contributed by atoms with E-state index in [1.165, 1.54) is 10.5 Å². The third-order valence-corrected chi connectivity index (χ3v) is 4.81. The number of fused-ring (bicyclic) bond motifs is 2. The summed E-state index contributed by atoms with van der Waals surface area (Å²) in [4.78, 5) is 21.3. The van der Waals surface area contributed by atoms with E-state index in [1.807, 2.05) is 38.1 Å². The van der Waals surface area contributed by atoms with Crippen LogP contribution in [-0.4, -0.2) is 14.4 Å². The molecule has 4 aromatic rings. The van der Waals surface area contributed by atoms with Crippen LogP contribution in [-0.2, 0) is 6.61 Å². The monoisotopic (exact) mass is 399 g/mol. The third-order valence-electron chi connectivity index (χ3n) is 4.22. The molecule has 5 nitrogen and oxygen atoms in total. The molecule has 0 saturated carbocycles. The van der Waals surface area contributed by atoms with Gasteiger partial charge in [0.2, 0.25) is 0 Å². The van der Waals surface area contributed by atoms with Crippen molar-refractivity contribution in [2.75, 3.05) is 0 Å². The SMILES string of the molecule is Cc1ccn2c(=O)cc(COc3c(Cl)cc(Cl)c4ccc(C)nc34)nc2c1. The molecule has 0 radical (unpaired) electrons. The molecule has 0 spiro atoms. The molecule has 7 heteroatoms. The zero-order valence-electron chi connectivity index (χ0n) is 14.7. The molecule has 0 aliphatic heterocycles. The summed E-state index contributed by atoms with van der Waals surface area (Å²) in [6.45, 7) is 3.92. The lowest BCUT2D eigenvalue weighted by Gasteiger charge is -2.12. The summed E-state index contributed by atoms with van der Waals surface area (Å²) < 4.78 is 7.41. The van der Waals surface area contributed by atoms with Crippen LogP contribution in [0.15, 0.2) is 47.4 Å². The summed E-state index contributed by atoms with van der Waals surface area (Å²) in [6.07, 6.45) is 1.71. The van der Waals surface area contributed by atoms with E-state index in [4.69, 9.17) is 27.9 Å². The van der Waals surface area contributed by atoms with Crippen molar-refractivity contribution in [1.29, 1.82) is 0 Å². The summed E-state index contributed by atoms with van der Waals surface area (Å²) in [5.41, 5.74) is 3.34. The normalized spacial score (nSPS) is 11.3. The third kappa shape index (κ3) is 3.36. The molecule has 0 amide bonds. The fourth-order valence-electron chi connectivity index (χ4n) is 2.90. The van der Waals surface area contributed by atoms with Crippen molar-refractivity contribution in [2.45, 2.75) is 20.5 Å². The number of nitrogens with zero attached hydrogens (tertiary/aromatic N) is 3. The highest BCUT2D eigenvalue weighted by Crippen LogP contribution is 2.37. The number of ether oxygens (including phenoxy) is 1. The Morgan fingerprint density at radius 3 is 2.67 bits per heavy atom. The van der Waals surface area contributed by atoms with Gasteiger partial charge in [0.1, 0.15) is 17.8 Å². The van der Waals surface area contributed by atoms with Crippen LogP contribution in [0.1, 0.15) is 17.0 Å². The smallest absolute Gasteiger partial charge is 0.258 e. The average Bonchev–Trinajstić information content (AvgIpc) is 2.60. The molecule has 4 rings (SSSR count). The van der Waals surface area contributed by atoms with E-state index in [9.17, 15) is 4.79 Å². The highest BCUT2D eigenvalue weighted by molar-refractivity contribution is 6.39. The number of aromatic nitrogens is 3. The van der Waals surface area contributed by atoms with Gasteiger partial charge < -0.3 is 4.74 Å². The van der Waals surface area contributed by atoms with Gasteiger partial charge in [0.15, 0.2) is 5.75 Å². The molecule has 0 N–H and O–H groups in total.